The quantitative estimate of drug-likeness (QED) is 0.506. The van der Waals surface area contributed by atoms with Gasteiger partial charge in [-0.2, -0.15) is 0 Å². The van der Waals surface area contributed by atoms with Crippen molar-refractivity contribution in [3.8, 4) is 11.4 Å². The van der Waals surface area contributed by atoms with E-state index < -0.39 is 29.6 Å². The molecule has 2 aromatic carbocycles. The maximum Gasteiger partial charge on any atom is 0.308 e. The molecule has 0 saturated carbocycles. The smallest absolute Gasteiger partial charge is 0.308 e. The lowest BCUT2D eigenvalue weighted by atomic mass is 10.1. The van der Waals surface area contributed by atoms with Crippen molar-refractivity contribution in [2.24, 2.45) is 0 Å². The number of carbonyl (C=O) groups is 4. The maximum absolute atomic E-state index is 14.6. The lowest BCUT2D eigenvalue weighted by Gasteiger charge is -2.34. The molecule has 2 N–H and O–H groups in total. The van der Waals surface area contributed by atoms with Crippen molar-refractivity contribution >= 4 is 40.4 Å². The van der Waals surface area contributed by atoms with Gasteiger partial charge in [0.25, 0.3) is 5.91 Å². The molecule has 0 radical (unpaired) electrons. The second-order valence-electron chi connectivity index (χ2n) is 8.32. The predicted octanol–water partition coefficient (Wildman–Crippen LogP) is 2.32. The van der Waals surface area contributed by atoms with Gasteiger partial charge in [0.05, 0.1) is 35.8 Å². The number of halogens is 1. The average Bonchev–Trinajstić information content (AvgIpc) is 3.23. The lowest BCUT2D eigenvalue weighted by molar-refractivity contribution is -0.145. The van der Waals surface area contributed by atoms with Crippen LogP contribution in [0, 0.1) is 5.82 Å². The molecule has 10 nitrogen and oxygen atoms in total. The fraction of sp³-hybridized carbons (Fsp3) is 0.320. The van der Waals surface area contributed by atoms with Crippen molar-refractivity contribution in [2.45, 2.75) is 32.9 Å². The molecule has 2 heterocycles. The topological polar surface area (TPSA) is 123 Å². The summed E-state index contributed by atoms with van der Waals surface area (Å²) in [5.74, 6) is -2.06. The minimum Gasteiger partial charge on any atom is -0.469 e. The number of aromatic nitrogens is 2. The first-order valence-electron chi connectivity index (χ1n) is 11.5. The Labute approximate surface area is 206 Å². The Balaban J connectivity index is 1.85. The number of imidazole rings is 1. The number of nitrogens with one attached hydrogen (secondary N) is 2. The molecule has 0 spiro atoms. The molecular formula is C25H26FN5O5. The second kappa shape index (κ2) is 10.1. The van der Waals surface area contributed by atoms with Crippen LogP contribution in [0.2, 0.25) is 0 Å². The summed E-state index contributed by atoms with van der Waals surface area (Å²) in [5.41, 5.74) is 1.67. The van der Waals surface area contributed by atoms with Gasteiger partial charge in [0.1, 0.15) is 17.7 Å². The van der Waals surface area contributed by atoms with Crippen molar-refractivity contribution in [3.63, 3.8) is 0 Å². The zero-order valence-corrected chi connectivity index (χ0v) is 20.1. The number of amides is 3. The maximum atomic E-state index is 14.6. The van der Waals surface area contributed by atoms with E-state index in [2.05, 4.69) is 20.4 Å². The third kappa shape index (κ3) is 4.64. The summed E-state index contributed by atoms with van der Waals surface area (Å²) < 4.78 is 21.1. The van der Waals surface area contributed by atoms with Crippen molar-refractivity contribution in [1.29, 1.82) is 0 Å². The third-order valence-electron chi connectivity index (χ3n) is 6.01. The fourth-order valence-corrected chi connectivity index (χ4v) is 4.40. The summed E-state index contributed by atoms with van der Waals surface area (Å²) in [4.78, 5) is 55.9. The van der Waals surface area contributed by atoms with Gasteiger partial charge >= 0.3 is 5.97 Å². The van der Waals surface area contributed by atoms with Crippen molar-refractivity contribution in [1.82, 2.24) is 19.8 Å². The molecule has 3 aromatic rings. The van der Waals surface area contributed by atoms with Gasteiger partial charge in [-0.3, -0.25) is 19.2 Å². The highest BCUT2D eigenvalue weighted by molar-refractivity contribution is 6.07. The number of piperazine rings is 1. The Morgan fingerprint density at radius 2 is 2.00 bits per heavy atom. The molecule has 1 aromatic heterocycles. The second-order valence-corrected chi connectivity index (χ2v) is 8.32. The van der Waals surface area contributed by atoms with Gasteiger partial charge in [-0.15, -0.1) is 0 Å². The molecule has 1 aliphatic rings. The van der Waals surface area contributed by atoms with Gasteiger partial charge in [0.15, 0.2) is 0 Å². The third-order valence-corrected chi connectivity index (χ3v) is 6.01. The molecule has 0 aliphatic carbocycles. The van der Waals surface area contributed by atoms with Gasteiger partial charge in [0, 0.05) is 32.1 Å². The SMILES string of the molecule is CCn1c(-c2ccccc2F)nc2cc(C(=O)N3CCNC(=O)C3CC(=O)OC)cc(NC(C)=O)c21. The predicted molar refractivity (Wildman–Crippen MR) is 130 cm³/mol. The number of aryl methyl sites for hydroxylation is 1. The van der Waals surface area contributed by atoms with Crippen LogP contribution in [0.1, 0.15) is 30.6 Å². The van der Waals surface area contributed by atoms with Crippen LogP contribution in [-0.4, -0.2) is 64.4 Å². The summed E-state index contributed by atoms with van der Waals surface area (Å²) in [6.07, 6.45) is -0.295. The number of anilines is 1. The first-order valence-corrected chi connectivity index (χ1v) is 11.5. The van der Waals surface area contributed by atoms with Crippen LogP contribution in [0.3, 0.4) is 0 Å². The molecule has 1 fully saturated rings. The number of esters is 1. The molecule has 4 rings (SSSR count). The van der Waals surface area contributed by atoms with Crippen LogP contribution in [0.4, 0.5) is 10.1 Å². The van der Waals surface area contributed by atoms with Gasteiger partial charge in [-0.05, 0) is 31.2 Å². The zero-order valence-electron chi connectivity index (χ0n) is 20.1. The number of ether oxygens (including phenoxy) is 1. The van der Waals surface area contributed by atoms with E-state index in [0.717, 1.165) is 0 Å². The van der Waals surface area contributed by atoms with Crippen LogP contribution in [-0.2, 0) is 25.7 Å². The Kier molecular flexibility index (Phi) is 7.00. The molecule has 188 valence electrons. The minimum absolute atomic E-state index is 0.164. The number of benzene rings is 2. The van der Waals surface area contributed by atoms with E-state index >= 15 is 0 Å². The Morgan fingerprint density at radius 3 is 2.67 bits per heavy atom. The number of fused-ring (bicyclic) bond motifs is 1. The van der Waals surface area contributed by atoms with Crippen molar-refractivity contribution < 1.29 is 28.3 Å². The first kappa shape index (κ1) is 24.8. The van der Waals surface area contributed by atoms with Gasteiger partial charge in [-0.25, -0.2) is 9.37 Å². The standard InChI is InChI=1S/C25H26FN5O5/c1-4-30-22-18(28-14(2)32)11-15(12-19(22)29-23(30)16-7-5-6-8-17(16)26)25(35)31-10-9-27-24(34)20(31)13-21(33)36-3/h5-8,11-12,20H,4,9-10,13H2,1-3H3,(H,27,34)(H,28,32). The van der Waals surface area contributed by atoms with E-state index in [1.165, 1.54) is 31.1 Å². The molecule has 1 unspecified atom stereocenters. The zero-order chi connectivity index (χ0) is 26.0. The molecule has 1 atom stereocenters. The summed E-state index contributed by atoms with van der Waals surface area (Å²) in [6, 6.07) is 8.23. The molecule has 0 bridgehead atoms. The summed E-state index contributed by atoms with van der Waals surface area (Å²) in [5, 5.41) is 5.40. The van der Waals surface area contributed by atoms with E-state index in [9.17, 15) is 23.6 Å². The van der Waals surface area contributed by atoms with E-state index in [4.69, 9.17) is 0 Å². The molecule has 3 amide bonds. The molecule has 36 heavy (non-hydrogen) atoms. The number of rotatable bonds is 6. The van der Waals surface area contributed by atoms with Gasteiger partial charge < -0.3 is 24.8 Å². The first-order chi connectivity index (χ1) is 17.2. The van der Waals surface area contributed by atoms with Gasteiger partial charge in [0.2, 0.25) is 11.8 Å². The lowest BCUT2D eigenvalue weighted by Crippen LogP contribution is -2.57. The number of hydrogen-bond donors (Lipinski definition) is 2. The van der Waals surface area contributed by atoms with Crippen LogP contribution in [0.5, 0.6) is 0 Å². The van der Waals surface area contributed by atoms with Crippen LogP contribution in [0.25, 0.3) is 22.4 Å². The van der Waals surface area contributed by atoms with Crippen LogP contribution in [0.15, 0.2) is 36.4 Å². The van der Waals surface area contributed by atoms with E-state index in [-0.39, 0.29) is 36.5 Å². The fourth-order valence-electron chi connectivity index (χ4n) is 4.40. The average molecular weight is 496 g/mol. The molecule has 1 aliphatic heterocycles. The van der Waals surface area contributed by atoms with Crippen molar-refractivity contribution in [3.05, 3.63) is 47.8 Å². The van der Waals surface area contributed by atoms with E-state index in [1.54, 1.807) is 28.8 Å². The molecule has 11 heteroatoms. The highest BCUT2D eigenvalue weighted by Gasteiger charge is 2.36. The minimum atomic E-state index is -1.04. The normalized spacial score (nSPS) is 15.5. The Morgan fingerprint density at radius 1 is 1.25 bits per heavy atom. The summed E-state index contributed by atoms with van der Waals surface area (Å²) >= 11 is 0. The Bertz CT molecular complexity index is 1370. The van der Waals surface area contributed by atoms with Gasteiger partial charge in [-0.1, -0.05) is 12.1 Å². The molecular weight excluding hydrogens is 469 g/mol. The highest BCUT2D eigenvalue weighted by Crippen LogP contribution is 2.33. The highest BCUT2D eigenvalue weighted by atomic mass is 19.1. The van der Waals surface area contributed by atoms with E-state index in [1.807, 2.05) is 6.92 Å². The van der Waals surface area contributed by atoms with E-state index in [0.29, 0.717) is 29.1 Å². The van der Waals surface area contributed by atoms with Crippen LogP contribution < -0.4 is 10.6 Å². The number of methoxy groups -OCH3 is 1. The number of hydrogen-bond acceptors (Lipinski definition) is 6. The van der Waals surface area contributed by atoms with Crippen molar-refractivity contribution in [2.75, 3.05) is 25.5 Å². The Hall–Kier alpha value is -4.28. The number of carbonyl (C=O) groups excluding carboxylic acids is 4. The summed E-state index contributed by atoms with van der Waals surface area (Å²) in [6.45, 7) is 4.04. The summed E-state index contributed by atoms with van der Waals surface area (Å²) in [7, 11) is 1.21. The largest absolute Gasteiger partial charge is 0.469 e. The molecule has 1 saturated heterocycles. The van der Waals surface area contributed by atoms with Crippen LogP contribution >= 0.6 is 0 Å². The monoisotopic (exact) mass is 495 g/mol. The number of nitrogens with zero attached hydrogens (tertiary/aromatic N) is 3.